The molecule has 4 amide bonds. The summed E-state index contributed by atoms with van der Waals surface area (Å²) in [6.07, 6.45) is 5.46. The first-order valence-corrected chi connectivity index (χ1v) is 24.4. The van der Waals surface area contributed by atoms with Crippen LogP contribution in [0.2, 0.25) is 0 Å². The molecule has 3 aromatic rings. The van der Waals surface area contributed by atoms with Crippen molar-refractivity contribution >= 4 is 62.5 Å². The predicted molar refractivity (Wildman–Crippen MR) is 257 cm³/mol. The lowest BCUT2D eigenvalue weighted by atomic mass is 9.94. The molecule has 72 heavy (non-hydrogen) atoms. The van der Waals surface area contributed by atoms with Gasteiger partial charge in [-0.05, 0) is 92.0 Å². The van der Waals surface area contributed by atoms with E-state index in [1.54, 1.807) is 72.9 Å². The summed E-state index contributed by atoms with van der Waals surface area (Å²) in [5.74, 6) is -2.78. The average molecular weight is 1050 g/mol. The number of carbonyl (C=O) groups is 5. The predicted octanol–water partition coefficient (Wildman–Crippen LogP) is 3.64. The molecule has 0 saturated carbocycles. The van der Waals surface area contributed by atoms with Gasteiger partial charge in [0.15, 0.2) is 11.4 Å². The van der Waals surface area contributed by atoms with Crippen molar-refractivity contribution in [1.82, 2.24) is 19.7 Å². The van der Waals surface area contributed by atoms with Crippen LogP contribution in [0.25, 0.3) is 0 Å². The number of oxime groups is 1. The maximum Gasteiger partial charge on any atom is 0.506 e. The molecule has 1 unspecified atom stereocenters. The fraction of sp³-hybridized carbons (Fsp3) is 0.478. The molecule has 3 heterocycles. The summed E-state index contributed by atoms with van der Waals surface area (Å²) < 4.78 is 68.7. The maximum absolute atomic E-state index is 14.0. The Balaban J connectivity index is 1.33. The lowest BCUT2D eigenvalue weighted by Gasteiger charge is -2.44. The van der Waals surface area contributed by atoms with Gasteiger partial charge in [0.1, 0.15) is 42.8 Å². The van der Waals surface area contributed by atoms with E-state index in [-0.39, 0.29) is 39.8 Å². The summed E-state index contributed by atoms with van der Waals surface area (Å²) in [7, 11) is -2.13. The molecule has 2 aliphatic rings. The van der Waals surface area contributed by atoms with Crippen LogP contribution in [0.4, 0.5) is 14.7 Å². The molecule has 1 aromatic carbocycles. The number of thiazole rings is 1. The zero-order valence-corrected chi connectivity index (χ0v) is 43.2. The highest BCUT2D eigenvalue weighted by Crippen LogP contribution is 2.26. The molecule has 24 nitrogen and oxygen atoms in total. The second-order valence-electron chi connectivity index (χ2n) is 18.9. The lowest BCUT2D eigenvalue weighted by molar-refractivity contribution is -0.356. The van der Waals surface area contributed by atoms with Crippen molar-refractivity contribution in [3.63, 3.8) is 0 Å². The number of pyridine rings is 1. The number of hydrogen-bond donors (Lipinski definition) is 4. The normalized spacial score (nSPS) is 18.2. The summed E-state index contributed by atoms with van der Waals surface area (Å²) in [4.78, 5) is 93.6. The van der Waals surface area contributed by atoms with Gasteiger partial charge < -0.3 is 48.7 Å². The molecule has 0 spiro atoms. The number of H-pyrrole nitrogens is 1. The van der Waals surface area contributed by atoms with E-state index >= 15 is 0 Å². The molecule has 1 saturated heterocycles. The van der Waals surface area contributed by atoms with E-state index in [1.165, 1.54) is 37.3 Å². The van der Waals surface area contributed by atoms with Gasteiger partial charge in [-0.1, -0.05) is 46.9 Å². The van der Waals surface area contributed by atoms with E-state index in [2.05, 4.69) is 26.1 Å². The molecule has 0 radical (unpaired) electrons. The van der Waals surface area contributed by atoms with Crippen molar-refractivity contribution in [1.29, 1.82) is 0 Å². The number of amides is 4. The van der Waals surface area contributed by atoms with Crippen LogP contribution in [0.5, 0.6) is 11.5 Å². The molecule has 3 atom stereocenters. The van der Waals surface area contributed by atoms with Crippen molar-refractivity contribution < 1.29 is 80.0 Å². The van der Waals surface area contributed by atoms with E-state index in [0.717, 1.165) is 28.5 Å². The number of alkyl carbamates (subject to hydrolysis) is 1. The van der Waals surface area contributed by atoms with Crippen LogP contribution in [0.1, 0.15) is 85.7 Å². The Hall–Kier alpha value is -7.03. The van der Waals surface area contributed by atoms with Crippen LogP contribution in [0.15, 0.2) is 75.7 Å². The Kier molecular flexibility index (Phi) is 17.5. The van der Waals surface area contributed by atoms with E-state index in [9.17, 15) is 41.7 Å². The van der Waals surface area contributed by atoms with Crippen LogP contribution in [0, 0.1) is 0 Å². The zero-order chi connectivity index (χ0) is 53.4. The van der Waals surface area contributed by atoms with Gasteiger partial charge in [0, 0.05) is 25.1 Å². The third-order valence-electron chi connectivity index (χ3n) is 10.3. The number of rotatable bonds is 20. The Bertz CT molecular complexity index is 2770. The fourth-order valence-corrected chi connectivity index (χ4v) is 7.94. The second-order valence-corrected chi connectivity index (χ2v) is 21.1. The van der Waals surface area contributed by atoms with E-state index in [0.29, 0.717) is 12.2 Å². The highest BCUT2D eigenvalue weighted by Gasteiger charge is 2.54. The molecular weight excluding hydrogens is 987 g/mol. The number of methoxy groups -OCH3 is 2. The summed E-state index contributed by atoms with van der Waals surface area (Å²) in [6.45, 7) is 13.1. The standard InChI is InChI=1S/C46H59N7O17S2/c1-43(2,3)68-39(57)45(7,8)70-51-35(31-26-71-40(48-31)50-42(59)69-44(4,5)6)37(55)49-36-32(53(38(36)56)72(60,61)62)21-47-41(58)66-25-29-20-33(54)34(65-23-27-12-14-30(63-10)15-13-27)22-52(29)67-24-28-16-18-46(9,64-11)19-17-28/h12-18,20,22,26,32,36H,19,21,23-25H2,1-11H3,(H,47,58)(H,49,55)(H,48,50,59)(H,60,61,62)/p+1/b51-35-/t32-,36+,46?/m1/s1. The molecule has 2 aromatic heterocycles. The summed E-state index contributed by atoms with van der Waals surface area (Å²) >= 11 is 0.899. The number of aromatic amines is 1. The van der Waals surface area contributed by atoms with Gasteiger partial charge in [0.25, 0.3) is 11.8 Å². The van der Waals surface area contributed by atoms with Crippen molar-refractivity contribution in [2.45, 2.75) is 116 Å². The number of nitrogens with one attached hydrogen (secondary N) is 4. The van der Waals surface area contributed by atoms with Gasteiger partial charge in [0.05, 0.1) is 30.6 Å². The molecule has 5 rings (SSSR count). The van der Waals surface area contributed by atoms with E-state index in [1.807, 2.05) is 25.2 Å². The SMILES string of the molecule is COc1ccc(COc2cn(OCC3=CCC(C)(OC)C=C3)c(COC(=O)NC[C@@H]3[C@H](NC(=O)/C(=N\OC(C)(C)C(=O)OC(C)(C)C)c4csc(NC(=O)OC(C)(C)C)[nH+]4)C(=O)N3S(=O)(=O)O)cc2=O)cc1. The maximum atomic E-state index is 14.0. The largest absolute Gasteiger partial charge is 0.506 e. The highest BCUT2D eigenvalue weighted by molar-refractivity contribution is 7.84. The van der Waals surface area contributed by atoms with Crippen molar-refractivity contribution in [3.05, 3.63) is 92.9 Å². The van der Waals surface area contributed by atoms with E-state index in [4.69, 9.17) is 38.1 Å². The quantitative estimate of drug-likeness (QED) is 0.0314. The van der Waals surface area contributed by atoms with Gasteiger partial charge in [-0.15, -0.1) is 0 Å². The third-order valence-corrected chi connectivity index (χ3v) is 12.0. The molecule has 26 heteroatoms. The zero-order valence-electron chi connectivity index (χ0n) is 41.6. The molecule has 1 aliphatic carbocycles. The van der Waals surface area contributed by atoms with Gasteiger partial charge in [-0.3, -0.25) is 18.9 Å². The Morgan fingerprint density at radius 3 is 2.24 bits per heavy atom. The minimum Gasteiger partial charge on any atom is -0.497 e. The molecule has 0 bridgehead atoms. The van der Waals surface area contributed by atoms with Gasteiger partial charge in [-0.25, -0.2) is 18.9 Å². The first-order chi connectivity index (χ1) is 33.5. The second kappa shape index (κ2) is 22.6. The van der Waals surface area contributed by atoms with Gasteiger partial charge >= 0.3 is 33.6 Å². The minimum absolute atomic E-state index is 0.0131. The summed E-state index contributed by atoms with van der Waals surface area (Å²) in [5, 5.41) is 12.4. The Morgan fingerprint density at radius 1 is 0.958 bits per heavy atom. The van der Waals surface area contributed by atoms with Crippen LogP contribution in [-0.4, -0.2) is 120 Å². The summed E-state index contributed by atoms with van der Waals surface area (Å²) in [5.41, 5.74) is -3.81. The Morgan fingerprint density at radius 2 is 1.64 bits per heavy atom. The number of aromatic nitrogens is 2. The van der Waals surface area contributed by atoms with Gasteiger partial charge in [0.2, 0.25) is 16.7 Å². The van der Waals surface area contributed by atoms with Crippen molar-refractivity contribution in [2.75, 3.05) is 32.7 Å². The molecule has 1 fully saturated rings. The van der Waals surface area contributed by atoms with Crippen LogP contribution in [-0.2, 0) is 61.7 Å². The molecule has 392 valence electrons. The van der Waals surface area contributed by atoms with Gasteiger partial charge in [-0.2, -0.15) is 23.3 Å². The number of esters is 1. The number of carbonyl (C=O) groups excluding carboxylic acids is 5. The third kappa shape index (κ3) is 15.5. The number of hydrogen-bond acceptors (Lipinski definition) is 18. The molecule has 1 aliphatic heterocycles. The number of anilines is 1. The monoisotopic (exact) mass is 1050 g/mol. The number of β-lactam (4-membered cyclic amide) rings is 1. The first-order valence-electron chi connectivity index (χ1n) is 22.1. The topological polar surface area (TPSA) is 301 Å². The molecule has 5 N–H and O–H groups in total. The minimum atomic E-state index is -5.26. The fourth-order valence-electron chi connectivity index (χ4n) is 6.34. The molecular formula is C46H60N7O17S2+. The van der Waals surface area contributed by atoms with Crippen LogP contribution in [0.3, 0.4) is 0 Å². The Labute approximate surface area is 419 Å². The van der Waals surface area contributed by atoms with Crippen LogP contribution >= 0.6 is 11.3 Å². The summed E-state index contributed by atoms with van der Waals surface area (Å²) in [6, 6.07) is 4.78. The van der Waals surface area contributed by atoms with Crippen molar-refractivity contribution in [3.8, 4) is 11.5 Å². The number of benzene rings is 1. The number of nitrogens with zero attached hydrogens (tertiary/aromatic N) is 3. The highest BCUT2D eigenvalue weighted by atomic mass is 32.2. The lowest BCUT2D eigenvalue weighted by Crippen LogP contribution is -2.74. The van der Waals surface area contributed by atoms with Crippen molar-refractivity contribution in [2.24, 2.45) is 5.16 Å². The van der Waals surface area contributed by atoms with Crippen LogP contribution < -0.4 is 40.7 Å². The first kappa shape index (κ1) is 55.9. The average Bonchev–Trinajstić information content (AvgIpc) is 3.74. The number of ether oxygens (including phenoxy) is 6. The van der Waals surface area contributed by atoms with E-state index < -0.39 is 99.1 Å². The smallest absolute Gasteiger partial charge is 0.497 e.